The first kappa shape index (κ1) is 39.0. The number of carbonyl (C=O) groups excluding carboxylic acids is 4. The predicted molar refractivity (Wildman–Crippen MR) is 190 cm³/mol. The van der Waals surface area contributed by atoms with Crippen molar-refractivity contribution in [2.24, 2.45) is 5.92 Å². The van der Waals surface area contributed by atoms with Crippen molar-refractivity contribution in [3.05, 3.63) is 127 Å². The van der Waals surface area contributed by atoms with Gasteiger partial charge in [0.2, 0.25) is 11.8 Å². The van der Waals surface area contributed by atoms with Gasteiger partial charge in [0.1, 0.15) is 31.1 Å². The van der Waals surface area contributed by atoms with Crippen molar-refractivity contribution in [1.82, 2.24) is 16.0 Å². The van der Waals surface area contributed by atoms with Gasteiger partial charge in [-0.15, -0.1) is 13.2 Å². The van der Waals surface area contributed by atoms with Gasteiger partial charge >= 0.3 is 12.1 Å². The quantitative estimate of drug-likeness (QED) is 0.0924. The molecule has 0 bridgehead atoms. The number of amides is 3. The molecule has 3 rings (SSSR count). The molecule has 3 amide bonds. The van der Waals surface area contributed by atoms with E-state index in [9.17, 15) is 24.3 Å². The molecule has 266 valence electrons. The van der Waals surface area contributed by atoms with Crippen LogP contribution in [0.25, 0.3) is 0 Å². The molecule has 4 atom stereocenters. The third kappa shape index (κ3) is 14.4. The second-order valence-electron chi connectivity index (χ2n) is 11.8. The van der Waals surface area contributed by atoms with Crippen LogP contribution in [0.15, 0.2) is 110 Å². The van der Waals surface area contributed by atoms with E-state index in [1.165, 1.54) is 6.08 Å². The normalized spacial score (nSPS) is 13.0. The molecular weight excluding hydrogens is 638 g/mol. The molecule has 50 heavy (non-hydrogen) atoms. The van der Waals surface area contributed by atoms with Crippen molar-refractivity contribution >= 4 is 23.9 Å². The Balaban J connectivity index is 1.43. The number of hydrogen-bond donors (Lipinski definition) is 4. The summed E-state index contributed by atoms with van der Waals surface area (Å²) in [6, 6.07) is 24.8. The standard InChI is InChI=1S/C39H47N3O8/c1-4-12-32(23-36(44)41-33(25-43)22-29-18-20-34(21-19-29)48-26-30-14-8-6-9-15-30)37(45)40-24-28(3)50-38(46)35(13-5-2)42-39(47)49-27-31-16-10-7-11-17-31/h4-11,14-21,28,32-33,35,43H,1-2,12-13,22-27H2,3H3,(H,40,45)(H,41,44)(H,42,47). The van der Waals surface area contributed by atoms with Crippen LogP contribution in [0.5, 0.6) is 5.75 Å². The summed E-state index contributed by atoms with van der Waals surface area (Å²) in [6.45, 7) is 9.10. The van der Waals surface area contributed by atoms with Crippen LogP contribution < -0.4 is 20.7 Å². The molecule has 0 spiro atoms. The summed E-state index contributed by atoms with van der Waals surface area (Å²) in [7, 11) is 0. The number of carbonyl (C=O) groups is 4. The van der Waals surface area contributed by atoms with Crippen molar-refractivity contribution in [2.45, 2.75) is 64.0 Å². The molecule has 0 aliphatic heterocycles. The van der Waals surface area contributed by atoms with Gasteiger partial charge in [0.25, 0.3) is 0 Å². The number of nitrogens with one attached hydrogen (secondary N) is 3. The average Bonchev–Trinajstić information content (AvgIpc) is 3.12. The minimum atomic E-state index is -1.03. The molecule has 0 fully saturated rings. The molecule has 0 saturated carbocycles. The maximum atomic E-state index is 13.0. The molecule has 0 aliphatic carbocycles. The van der Waals surface area contributed by atoms with Gasteiger partial charge in [-0.1, -0.05) is 84.9 Å². The summed E-state index contributed by atoms with van der Waals surface area (Å²) >= 11 is 0. The van der Waals surface area contributed by atoms with Gasteiger partial charge in [0, 0.05) is 6.42 Å². The largest absolute Gasteiger partial charge is 0.489 e. The lowest BCUT2D eigenvalue weighted by molar-refractivity contribution is -0.151. The summed E-state index contributed by atoms with van der Waals surface area (Å²) in [5, 5.41) is 18.0. The van der Waals surface area contributed by atoms with E-state index in [1.807, 2.05) is 84.9 Å². The van der Waals surface area contributed by atoms with E-state index in [4.69, 9.17) is 14.2 Å². The van der Waals surface area contributed by atoms with Gasteiger partial charge in [-0.3, -0.25) is 9.59 Å². The second kappa shape index (κ2) is 21.5. The minimum absolute atomic E-state index is 0.0244. The Morgan fingerprint density at radius 3 is 2.02 bits per heavy atom. The molecule has 3 aromatic carbocycles. The number of benzene rings is 3. The Hall–Kier alpha value is -5.42. The van der Waals surface area contributed by atoms with Crippen molar-refractivity contribution in [2.75, 3.05) is 13.2 Å². The van der Waals surface area contributed by atoms with Crippen LogP contribution in [-0.4, -0.2) is 60.3 Å². The first-order valence-electron chi connectivity index (χ1n) is 16.5. The van der Waals surface area contributed by atoms with E-state index < -0.39 is 48.0 Å². The van der Waals surface area contributed by atoms with Gasteiger partial charge in [-0.2, -0.15) is 0 Å². The third-order valence-corrected chi connectivity index (χ3v) is 7.57. The lowest BCUT2D eigenvalue weighted by Gasteiger charge is -2.22. The Morgan fingerprint density at radius 1 is 0.800 bits per heavy atom. The van der Waals surface area contributed by atoms with Crippen LogP contribution in [-0.2, 0) is 43.5 Å². The van der Waals surface area contributed by atoms with Gasteiger partial charge in [-0.25, -0.2) is 9.59 Å². The van der Waals surface area contributed by atoms with Crippen LogP contribution in [0.4, 0.5) is 4.79 Å². The Morgan fingerprint density at radius 2 is 1.42 bits per heavy atom. The Kier molecular flexibility index (Phi) is 16.8. The summed E-state index contributed by atoms with van der Waals surface area (Å²) in [4.78, 5) is 51.0. The topological polar surface area (TPSA) is 152 Å². The van der Waals surface area contributed by atoms with E-state index in [0.717, 1.165) is 16.7 Å². The number of rotatable bonds is 21. The van der Waals surface area contributed by atoms with Crippen molar-refractivity contribution in [1.29, 1.82) is 0 Å². The van der Waals surface area contributed by atoms with Crippen LogP contribution in [0.3, 0.4) is 0 Å². The van der Waals surface area contributed by atoms with Gasteiger partial charge in [-0.05, 0) is 55.0 Å². The first-order valence-corrected chi connectivity index (χ1v) is 16.5. The summed E-state index contributed by atoms with van der Waals surface area (Å²) in [5.41, 5.74) is 2.75. The predicted octanol–water partition coefficient (Wildman–Crippen LogP) is 4.79. The fourth-order valence-electron chi connectivity index (χ4n) is 4.90. The third-order valence-electron chi connectivity index (χ3n) is 7.57. The number of aliphatic hydroxyl groups is 1. The van der Waals surface area contributed by atoms with Crippen LogP contribution in [0.1, 0.15) is 42.9 Å². The zero-order valence-corrected chi connectivity index (χ0v) is 28.4. The maximum absolute atomic E-state index is 13.0. The van der Waals surface area contributed by atoms with Gasteiger partial charge in [0.15, 0.2) is 0 Å². The van der Waals surface area contributed by atoms with E-state index in [-0.39, 0.29) is 39.0 Å². The zero-order valence-electron chi connectivity index (χ0n) is 28.4. The fraction of sp³-hybridized carbons (Fsp3) is 0.333. The van der Waals surface area contributed by atoms with E-state index in [1.54, 1.807) is 13.0 Å². The molecule has 4 N–H and O–H groups in total. The van der Waals surface area contributed by atoms with E-state index in [2.05, 4.69) is 29.1 Å². The molecule has 3 aromatic rings. The molecule has 4 unspecified atom stereocenters. The highest BCUT2D eigenvalue weighted by atomic mass is 16.6. The van der Waals surface area contributed by atoms with Gasteiger partial charge < -0.3 is 35.3 Å². The van der Waals surface area contributed by atoms with Crippen LogP contribution >= 0.6 is 0 Å². The monoisotopic (exact) mass is 685 g/mol. The van der Waals surface area contributed by atoms with Crippen molar-refractivity contribution < 1.29 is 38.5 Å². The average molecular weight is 686 g/mol. The van der Waals surface area contributed by atoms with Crippen LogP contribution in [0, 0.1) is 5.92 Å². The Bertz CT molecular complexity index is 1520. The molecule has 11 heteroatoms. The molecule has 0 radical (unpaired) electrons. The molecule has 0 heterocycles. The summed E-state index contributed by atoms with van der Waals surface area (Å²) in [6.07, 6.45) is 2.09. The summed E-state index contributed by atoms with van der Waals surface area (Å²) < 4.78 is 16.5. The van der Waals surface area contributed by atoms with Gasteiger partial charge in [0.05, 0.1) is 25.1 Å². The van der Waals surface area contributed by atoms with E-state index in [0.29, 0.717) is 18.8 Å². The number of allylic oxidation sites excluding steroid dienone is 1. The fourth-order valence-corrected chi connectivity index (χ4v) is 4.90. The number of esters is 1. The molecule has 0 aromatic heterocycles. The highest BCUT2D eigenvalue weighted by molar-refractivity contribution is 5.86. The first-order chi connectivity index (χ1) is 24.2. The molecule has 0 aliphatic rings. The van der Waals surface area contributed by atoms with Crippen LogP contribution in [0.2, 0.25) is 0 Å². The molecular formula is C39H47N3O8. The highest BCUT2D eigenvalue weighted by Gasteiger charge is 2.26. The highest BCUT2D eigenvalue weighted by Crippen LogP contribution is 2.16. The maximum Gasteiger partial charge on any atom is 0.408 e. The number of hydrogen-bond acceptors (Lipinski definition) is 8. The SMILES string of the molecule is C=CCC(CC(=O)NC(CO)Cc1ccc(OCc2ccccc2)cc1)C(=O)NCC(C)OC(=O)C(CC=C)NC(=O)OCc1ccccc1. The van der Waals surface area contributed by atoms with E-state index >= 15 is 0 Å². The second-order valence-corrected chi connectivity index (χ2v) is 11.8. The lowest BCUT2D eigenvalue weighted by atomic mass is 9.99. The number of aliphatic hydroxyl groups excluding tert-OH is 1. The minimum Gasteiger partial charge on any atom is -0.489 e. The summed E-state index contributed by atoms with van der Waals surface area (Å²) in [5.74, 6) is -1.55. The van der Waals surface area contributed by atoms with Crippen molar-refractivity contribution in [3.63, 3.8) is 0 Å². The Labute approximate surface area is 293 Å². The number of ether oxygens (including phenoxy) is 3. The molecule has 11 nitrogen and oxygen atoms in total. The van der Waals surface area contributed by atoms with Crippen molar-refractivity contribution in [3.8, 4) is 5.75 Å². The molecule has 0 saturated heterocycles. The zero-order chi connectivity index (χ0) is 36.1. The number of alkyl carbamates (subject to hydrolysis) is 1. The lowest BCUT2D eigenvalue weighted by Crippen LogP contribution is -2.45. The smallest absolute Gasteiger partial charge is 0.408 e.